The lowest BCUT2D eigenvalue weighted by molar-refractivity contribution is -0.146. The number of nitrogens with one attached hydrogen (secondary N) is 1. The van der Waals surface area contributed by atoms with Gasteiger partial charge in [0, 0.05) is 12.1 Å². The molecule has 0 aliphatic carbocycles. The molecule has 0 aliphatic heterocycles. The van der Waals surface area contributed by atoms with Crippen LogP contribution >= 0.6 is 0 Å². The molecule has 0 radical (unpaired) electrons. The second-order valence-electron chi connectivity index (χ2n) is 3.68. The molecule has 6 heteroatoms. The van der Waals surface area contributed by atoms with Gasteiger partial charge in [0.15, 0.2) is 0 Å². The van der Waals surface area contributed by atoms with Crippen molar-refractivity contribution in [1.82, 2.24) is 5.32 Å². The quantitative estimate of drug-likeness (QED) is 0.662. The van der Waals surface area contributed by atoms with Crippen LogP contribution in [0.15, 0.2) is 24.3 Å². The zero-order valence-electron chi connectivity index (χ0n) is 9.92. The summed E-state index contributed by atoms with van der Waals surface area (Å²) in [7, 11) is 1.52. The first kappa shape index (κ1) is 14.0. The molecule has 0 fully saturated rings. The van der Waals surface area contributed by atoms with Crippen molar-refractivity contribution in [2.24, 2.45) is 0 Å². The van der Waals surface area contributed by atoms with Crippen molar-refractivity contribution >= 4 is 11.9 Å². The number of hydrogen-bond donors (Lipinski definition) is 3. The van der Waals surface area contributed by atoms with Crippen LogP contribution in [0.2, 0.25) is 0 Å². The Morgan fingerprint density at radius 3 is 2.56 bits per heavy atom. The number of methoxy groups -OCH3 is 1. The molecule has 1 unspecified atom stereocenters. The van der Waals surface area contributed by atoms with Crippen LogP contribution in [-0.4, -0.2) is 35.3 Å². The molecule has 18 heavy (non-hydrogen) atoms. The van der Waals surface area contributed by atoms with Crippen LogP contribution in [0.5, 0.6) is 5.75 Å². The Morgan fingerprint density at radius 1 is 1.33 bits per heavy atom. The topological polar surface area (TPSA) is 95.9 Å². The standard InChI is InChI=1S/C12H15NO5/c1-18-10-5-3-2-4-8(10)7-13-9(12(16)17)6-11(14)15/h2-5,9,13H,6-7H2,1H3,(H,14,15)(H,16,17). The lowest BCUT2D eigenvalue weighted by atomic mass is 10.1. The maximum atomic E-state index is 10.9. The van der Waals surface area contributed by atoms with Crippen molar-refractivity contribution < 1.29 is 24.5 Å². The maximum Gasteiger partial charge on any atom is 0.321 e. The molecular formula is C12H15NO5. The van der Waals surface area contributed by atoms with Crippen molar-refractivity contribution in [3.8, 4) is 5.75 Å². The van der Waals surface area contributed by atoms with Crippen molar-refractivity contribution in [2.45, 2.75) is 19.0 Å². The third-order valence-corrected chi connectivity index (χ3v) is 2.41. The van der Waals surface area contributed by atoms with Gasteiger partial charge in [-0.05, 0) is 6.07 Å². The normalized spacial score (nSPS) is 11.8. The smallest absolute Gasteiger partial charge is 0.321 e. The first-order valence-electron chi connectivity index (χ1n) is 5.34. The Balaban J connectivity index is 2.66. The lowest BCUT2D eigenvalue weighted by Gasteiger charge is -2.14. The van der Waals surface area contributed by atoms with Crippen molar-refractivity contribution in [2.75, 3.05) is 7.11 Å². The number of ether oxygens (including phenoxy) is 1. The Morgan fingerprint density at radius 2 is 2.00 bits per heavy atom. The molecule has 6 nitrogen and oxygen atoms in total. The fourth-order valence-corrected chi connectivity index (χ4v) is 1.50. The van der Waals surface area contributed by atoms with Gasteiger partial charge in [-0.3, -0.25) is 14.9 Å². The molecule has 1 aromatic carbocycles. The molecule has 0 spiro atoms. The minimum atomic E-state index is -1.19. The molecule has 1 rings (SSSR count). The van der Waals surface area contributed by atoms with Gasteiger partial charge in [0.25, 0.3) is 0 Å². The van der Waals surface area contributed by atoms with Gasteiger partial charge in [0.05, 0.1) is 13.5 Å². The molecule has 1 aromatic rings. The van der Waals surface area contributed by atoms with Crippen LogP contribution in [0.1, 0.15) is 12.0 Å². The van der Waals surface area contributed by atoms with E-state index in [0.29, 0.717) is 5.75 Å². The van der Waals surface area contributed by atoms with Gasteiger partial charge >= 0.3 is 11.9 Å². The number of carboxylic acids is 2. The van der Waals surface area contributed by atoms with E-state index < -0.39 is 24.4 Å². The molecule has 98 valence electrons. The molecule has 0 saturated heterocycles. The number of carbonyl (C=O) groups is 2. The van der Waals surface area contributed by atoms with E-state index in [1.54, 1.807) is 24.3 Å². The first-order chi connectivity index (χ1) is 8.54. The summed E-state index contributed by atoms with van der Waals surface area (Å²) < 4.78 is 5.12. The highest BCUT2D eigenvalue weighted by molar-refractivity contribution is 5.80. The maximum absolute atomic E-state index is 10.9. The average Bonchev–Trinajstić information content (AvgIpc) is 2.34. The van der Waals surface area contributed by atoms with E-state index in [0.717, 1.165) is 5.56 Å². The Labute approximate surface area is 104 Å². The number of carboxylic acid groups (broad SMARTS) is 2. The second kappa shape index (κ2) is 6.61. The monoisotopic (exact) mass is 253 g/mol. The van der Waals surface area contributed by atoms with E-state index in [9.17, 15) is 9.59 Å². The molecule has 0 amide bonds. The van der Waals surface area contributed by atoms with Gasteiger partial charge in [-0.25, -0.2) is 0 Å². The largest absolute Gasteiger partial charge is 0.496 e. The summed E-state index contributed by atoms with van der Waals surface area (Å²) in [5.74, 6) is -1.72. The molecule has 0 heterocycles. The van der Waals surface area contributed by atoms with Crippen LogP contribution < -0.4 is 10.1 Å². The van der Waals surface area contributed by atoms with Gasteiger partial charge in [-0.1, -0.05) is 18.2 Å². The molecule has 3 N–H and O–H groups in total. The Bertz CT molecular complexity index is 432. The predicted octanol–water partition coefficient (Wildman–Crippen LogP) is 0.713. The van der Waals surface area contributed by atoms with E-state index in [4.69, 9.17) is 14.9 Å². The van der Waals surface area contributed by atoms with Crippen molar-refractivity contribution in [3.05, 3.63) is 29.8 Å². The molecule has 0 aliphatic rings. The summed E-state index contributed by atoms with van der Waals surface area (Å²) in [6, 6.07) is 6.02. The zero-order valence-corrected chi connectivity index (χ0v) is 9.92. The summed E-state index contributed by atoms with van der Waals surface area (Å²) in [4.78, 5) is 21.4. The molecule has 0 bridgehead atoms. The summed E-state index contributed by atoms with van der Waals surface area (Å²) in [5, 5.41) is 20.2. The predicted molar refractivity (Wildman–Crippen MR) is 63.5 cm³/mol. The molecule has 0 aromatic heterocycles. The number of rotatable bonds is 7. The minimum Gasteiger partial charge on any atom is -0.496 e. The number of para-hydroxylation sites is 1. The molecule has 0 saturated carbocycles. The second-order valence-corrected chi connectivity index (χ2v) is 3.68. The van der Waals surface area contributed by atoms with E-state index in [2.05, 4.69) is 5.32 Å². The van der Waals surface area contributed by atoms with Crippen LogP contribution in [0.4, 0.5) is 0 Å². The van der Waals surface area contributed by atoms with Crippen LogP contribution in [0.25, 0.3) is 0 Å². The molecule has 1 atom stereocenters. The summed E-state index contributed by atoms with van der Waals surface area (Å²) >= 11 is 0. The van der Waals surface area contributed by atoms with E-state index in [1.807, 2.05) is 0 Å². The van der Waals surface area contributed by atoms with E-state index in [1.165, 1.54) is 7.11 Å². The van der Waals surface area contributed by atoms with Crippen molar-refractivity contribution in [1.29, 1.82) is 0 Å². The van der Waals surface area contributed by atoms with Gasteiger partial charge in [0.1, 0.15) is 11.8 Å². The SMILES string of the molecule is COc1ccccc1CNC(CC(=O)O)C(=O)O. The lowest BCUT2D eigenvalue weighted by Crippen LogP contribution is -2.38. The van der Waals surface area contributed by atoms with Crippen LogP contribution in [0, 0.1) is 0 Å². The van der Waals surface area contributed by atoms with Gasteiger partial charge < -0.3 is 14.9 Å². The fraction of sp³-hybridized carbons (Fsp3) is 0.333. The highest BCUT2D eigenvalue weighted by Crippen LogP contribution is 2.17. The summed E-state index contributed by atoms with van der Waals surface area (Å²) in [6.07, 6.45) is -0.468. The van der Waals surface area contributed by atoms with Crippen molar-refractivity contribution in [3.63, 3.8) is 0 Å². The highest BCUT2D eigenvalue weighted by Gasteiger charge is 2.20. The minimum absolute atomic E-state index is 0.230. The number of hydrogen-bond acceptors (Lipinski definition) is 4. The third-order valence-electron chi connectivity index (χ3n) is 2.41. The zero-order chi connectivity index (χ0) is 13.5. The van der Waals surface area contributed by atoms with Gasteiger partial charge in [-0.15, -0.1) is 0 Å². The summed E-state index contributed by atoms with van der Waals surface area (Å²) in [5.41, 5.74) is 0.775. The average molecular weight is 253 g/mol. The molecular weight excluding hydrogens is 238 g/mol. The fourth-order valence-electron chi connectivity index (χ4n) is 1.50. The van der Waals surface area contributed by atoms with Crippen LogP contribution in [0.3, 0.4) is 0 Å². The number of aliphatic carboxylic acids is 2. The van der Waals surface area contributed by atoms with E-state index in [-0.39, 0.29) is 6.54 Å². The Hall–Kier alpha value is -2.08. The first-order valence-corrected chi connectivity index (χ1v) is 5.34. The van der Waals surface area contributed by atoms with Gasteiger partial charge in [-0.2, -0.15) is 0 Å². The summed E-state index contributed by atoms with van der Waals surface area (Å²) in [6.45, 7) is 0.230. The highest BCUT2D eigenvalue weighted by atomic mass is 16.5. The van der Waals surface area contributed by atoms with E-state index >= 15 is 0 Å². The number of benzene rings is 1. The van der Waals surface area contributed by atoms with Gasteiger partial charge in [0.2, 0.25) is 0 Å². The third kappa shape index (κ3) is 4.06. The van der Waals surface area contributed by atoms with Crippen LogP contribution in [-0.2, 0) is 16.1 Å². The Kier molecular flexibility index (Phi) is 5.13.